The van der Waals surface area contributed by atoms with Crippen LogP contribution in [0.3, 0.4) is 0 Å². The van der Waals surface area contributed by atoms with Gasteiger partial charge in [-0.15, -0.1) is 0 Å². The molecule has 0 saturated heterocycles. The number of halogens is 2. The molecular formula is C14H14F2N2. The summed E-state index contributed by atoms with van der Waals surface area (Å²) in [6.45, 7) is 1.92. The molecule has 4 heteroatoms. The summed E-state index contributed by atoms with van der Waals surface area (Å²) in [6, 6.07) is 5.33. The number of nitrogens with zero attached hydrogens (tertiary/aromatic N) is 2. The number of aromatic nitrogens is 1. The highest BCUT2D eigenvalue weighted by Crippen LogP contribution is 2.25. The van der Waals surface area contributed by atoms with Gasteiger partial charge in [-0.2, -0.15) is 0 Å². The summed E-state index contributed by atoms with van der Waals surface area (Å²) in [7, 11) is 3.80. The molecule has 0 atom stereocenters. The fourth-order valence-electron chi connectivity index (χ4n) is 1.91. The Kier molecular flexibility index (Phi) is 3.28. The first-order valence-corrected chi connectivity index (χ1v) is 5.58. The second-order valence-corrected chi connectivity index (χ2v) is 4.42. The molecule has 1 aromatic carbocycles. The van der Waals surface area contributed by atoms with E-state index in [2.05, 4.69) is 4.98 Å². The van der Waals surface area contributed by atoms with Crippen molar-refractivity contribution in [3.63, 3.8) is 0 Å². The Bertz CT molecular complexity index is 560. The summed E-state index contributed by atoms with van der Waals surface area (Å²) in [4.78, 5) is 6.19. The fourth-order valence-corrected chi connectivity index (χ4v) is 1.91. The maximum Gasteiger partial charge on any atom is 0.130 e. The SMILES string of the molecule is Cc1cc(-c2cc(F)cc(F)c2)cnc1N(C)C. The third-order valence-electron chi connectivity index (χ3n) is 2.67. The number of anilines is 1. The molecule has 0 unspecified atom stereocenters. The van der Waals surface area contributed by atoms with Gasteiger partial charge in [0, 0.05) is 31.9 Å². The lowest BCUT2D eigenvalue weighted by Gasteiger charge is -2.15. The molecule has 0 bridgehead atoms. The first kappa shape index (κ1) is 12.5. The standard InChI is InChI=1S/C14H14F2N2/c1-9-4-11(8-17-14(9)18(2)3)10-5-12(15)7-13(16)6-10/h4-8H,1-3H3. The first-order chi connectivity index (χ1) is 8.47. The second kappa shape index (κ2) is 4.72. The number of hydrogen-bond donors (Lipinski definition) is 0. The van der Waals surface area contributed by atoms with E-state index in [-0.39, 0.29) is 0 Å². The summed E-state index contributed by atoms with van der Waals surface area (Å²) in [5.74, 6) is -0.325. The van der Waals surface area contributed by atoms with E-state index in [0.29, 0.717) is 11.1 Å². The Hall–Kier alpha value is -1.97. The zero-order valence-corrected chi connectivity index (χ0v) is 10.5. The van der Waals surface area contributed by atoms with Gasteiger partial charge in [0.1, 0.15) is 17.5 Å². The van der Waals surface area contributed by atoms with Gasteiger partial charge in [0.05, 0.1) is 0 Å². The third-order valence-corrected chi connectivity index (χ3v) is 2.67. The van der Waals surface area contributed by atoms with Crippen molar-refractivity contribution in [1.29, 1.82) is 0 Å². The highest BCUT2D eigenvalue weighted by Gasteiger charge is 2.07. The van der Waals surface area contributed by atoms with Crippen LogP contribution in [-0.4, -0.2) is 19.1 Å². The summed E-state index contributed by atoms with van der Waals surface area (Å²) in [6.07, 6.45) is 1.62. The molecule has 0 N–H and O–H groups in total. The van der Waals surface area contributed by atoms with Crippen LogP contribution in [-0.2, 0) is 0 Å². The number of rotatable bonds is 2. The summed E-state index contributed by atoms with van der Waals surface area (Å²) in [5, 5.41) is 0. The van der Waals surface area contributed by atoms with Crippen LogP contribution in [0.5, 0.6) is 0 Å². The molecule has 0 aliphatic rings. The van der Waals surface area contributed by atoms with Crippen LogP contribution < -0.4 is 4.90 Å². The minimum atomic E-state index is -0.584. The van der Waals surface area contributed by atoms with Gasteiger partial charge in [0.25, 0.3) is 0 Å². The van der Waals surface area contributed by atoms with Gasteiger partial charge in [-0.25, -0.2) is 13.8 Å². The van der Waals surface area contributed by atoms with Crippen LogP contribution in [0.2, 0.25) is 0 Å². The van der Waals surface area contributed by atoms with Crippen LogP contribution in [0.15, 0.2) is 30.5 Å². The van der Waals surface area contributed by atoms with Crippen molar-refractivity contribution in [3.8, 4) is 11.1 Å². The van der Waals surface area contributed by atoms with Crippen molar-refractivity contribution in [2.24, 2.45) is 0 Å². The molecule has 1 heterocycles. The number of pyridine rings is 1. The van der Waals surface area contributed by atoms with E-state index >= 15 is 0 Å². The molecule has 18 heavy (non-hydrogen) atoms. The highest BCUT2D eigenvalue weighted by atomic mass is 19.1. The maximum atomic E-state index is 13.2. The fraction of sp³-hybridized carbons (Fsp3) is 0.214. The molecule has 0 spiro atoms. The Morgan fingerprint density at radius 2 is 1.56 bits per heavy atom. The zero-order chi connectivity index (χ0) is 13.3. The van der Waals surface area contributed by atoms with Crippen molar-refractivity contribution in [2.75, 3.05) is 19.0 Å². The van der Waals surface area contributed by atoms with Crippen LogP contribution in [0, 0.1) is 18.6 Å². The highest BCUT2D eigenvalue weighted by molar-refractivity contribution is 5.65. The molecule has 2 nitrogen and oxygen atoms in total. The van der Waals surface area contributed by atoms with Crippen LogP contribution in [0.25, 0.3) is 11.1 Å². The molecule has 0 aliphatic heterocycles. The predicted octanol–water partition coefficient (Wildman–Crippen LogP) is 3.40. The van der Waals surface area contributed by atoms with Crippen molar-refractivity contribution in [3.05, 3.63) is 47.7 Å². The minimum absolute atomic E-state index is 0.494. The molecule has 0 saturated carbocycles. The molecule has 1 aromatic heterocycles. The van der Waals surface area contributed by atoms with Gasteiger partial charge in [0.2, 0.25) is 0 Å². The molecular weight excluding hydrogens is 234 g/mol. The molecule has 2 rings (SSSR count). The lowest BCUT2D eigenvalue weighted by Crippen LogP contribution is -2.12. The van der Waals surface area contributed by atoms with Gasteiger partial charge < -0.3 is 4.90 Å². The van der Waals surface area contributed by atoms with E-state index in [0.717, 1.165) is 17.4 Å². The van der Waals surface area contributed by atoms with E-state index in [4.69, 9.17) is 0 Å². The van der Waals surface area contributed by atoms with Crippen LogP contribution >= 0.6 is 0 Å². The van der Waals surface area contributed by atoms with Gasteiger partial charge >= 0.3 is 0 Å². The minimum Gasteiger partial charge on any atom is -0.363 e. The lowest BCUT2D eigenvalue weighted by atomic mass is 10.1. The average molecular weight is 248 g/mol. The predicted molar refractivity (Wildman–Crippen MR) is 68.7 cm³/mol. The van der Waals surface area contributed by atoms with E-state index in [1.807, 2.05) is 32.0 Å². The van der Waals surface area contributed by atoms with Gasteiger partial charge in [-0.3, -0.25) is 0 Å². The summed E-state index contributed by atoms with van der Waals surface area (Å²) >= 11 is 0. The normalized spacial score (nSPS) is 10.5. The second-order valence-electron chi connectivity index (χ2n) is 4.42. The number of aryl methyl sites for hydroxylation is 1. The van der Waals surface area contributed by atoms with E-state index in [1.54, 1.807) is 6.20 Å². The number of hydrogen-bond acceptors (Lipinski definition) is 2. The van der Waals surface area contributed by atoms with Crippen molar-refractivity contribution < 1.29 is 8.78 Å². The lowest BCUT2D eigenvalue weighted by molar-refractivity contribution is 0.584. The van der Waals surface area contributed by atoms with Crippen LogP contribution in [0.4, 0.5) is 14.6 Å². The zero-order valence-electron chi connectivity index (χ0n) is 10.5. The number of benzene rings is 1. The Morgan fingerprint density at radius 1 is 0.944 bits per heavy atom. The molecule has 0 radical (unpaired) electrons. The van der Waals surface area contributed by atoms with Gasteiger partial charge in [0.15, 0.2) is 0 Å². The molecule has 0 aliphatic carbocycles. The Balaban J connectivity index is 2.48. The van der Waals surface area contributed by atoms with Crippen molar-refractivity contribution in [2.45, 2.75) is 6.92 Å². The quantitative estimate of drug-likeness (QED) is 0.809. The van der Waals surface area contributed by atoms with E-state index < -0.39 is 11.6 Å². The van der Waals surface area contributed by atoms with Crippen molar-refractivity contribution >= 4 is 5.82 Å². The largest absolute Gasteiger partial charge is 0.363 e. The maximum absolute atomic E-state index is 13.2. The van der Waals surface area contributed by atoms with Gasteiger partial charge in [-0.1, -0.05) is 0 Å². The molecule has 94 valence electrons. The third kappa shape index (κ3) is 2.47. The first-order valence-electron chi connectivity index (χ1n) is 5.58. The monoisotopic (exact) mass is 248 g/mol. The van der Waals surface area contributed by atoms with E-state index in [1.165, 1.54) is 12.1 Å². The van der Waals surface area contributed by atoms with Crippen molar-refractivity contribution in [1.82, 2.24) is 4.98 Å². The summed E-state index contributed by atoms with van der Waals surface area (Å²) < 4.78 is 26.3. The Labute approximate surface area is 105 Å². The molecule has 2 aromatic rings. The van der Waals surface area contributed by atoms with E-state index in [9.17, 15) is 8.78 Å². The summed E-state index contributed by atoms with van der Waals surface area (Å²) in [5.41, 5.74) is 2.16. The van der Waals surface area contributed by atoms with Gasteiger partial charge in [-0.05, 0) is 36.2 Å². The molecule has 0 fully saturated rings. The molecule has 0 amide bonds. The smallest absolute Gasteiger partial charge is 0.130 e. The topological polar surface area (TPSA) is 16.1 Å². The van der Waals surface area contributed by atoms with Crippen LogP contribution in [0.1, 0.15) is 5.56 Å². The Morgan fingerprint density at radius 3 is 2.06 bits per heavy atom. The average Bonchev–Trinajstić information content (AvgIpc) is 2.26.